The Morgan fingerprint density at radius 3 is 3.00 bits per heavy atom. The first-order chi connectivity index (χ1) is 16.7. The molecule has 1 aromatic carbocycles. The second-order valence-electron chi connectivity index (χ2n) is 5.06. The van der Waals surface area contributed by atoms with Crippen LogP contribution in [0.2, 0.25) is 0 Å². The first kappa shape index (κ1) is 8.64. The molecule has 1 N–H and O–H groups in total. The maximum atomic E-state index is 13.4. The lowest BCUT2D eigenvalue weighted by Crippen LogP contribution is -2.03. The molecule has 7 heteroatoms. The topological polar surface area (TPSA) is 72.8 Å². The molecular weight excluding hydrogens is 348 g/mol. The number of aromatic amines is 1. The Morgan fingerprint density at radius 1 is 1.38 bits per heavy atom. The fourth-order valence-electron chi connectivity index (χ4n) is 2.22. The third-order valence-corrected chi connectivity index (χ3v) is 4.38. The zero-order valence-corrected chi connectivity index (χ0v) is 14.2. The van der Waals surface area contributed by atoms with Gasteiger partial charge in [-0.05, 0) is 43.2 Å². The quantitative estimate of drug-likeness (QED) is 0.580. The Bertz CT molecular complexity index is 1520. The summed E-state index contributed by atoms with van der Waals surface area (Å²) in [7, 11) is -1.74. The molecule has 0 saturated heterocycles. The zero-order chi connectivity index (χ0) is 26.7. The highest BCUT2D eigenvalue weighted by molar-refractivity contribution is 7.84. The number of H-pyrrole nitrogens is 1. The van der Waals surface area contributed by atoms with E-state index in [1.54, 1.807) is 24.5 Å². The molecule has 0 spiro atoms. The molecule has 0 saturated carbocycles. The van der Waals surface area contributed by atoms with E-state index in [1.807, 2.05) is 0 Å². The van der Waals surface area contributed by atoms with E-state index in [4.69, 9.17) is 18.4 Å². The van der Waals surface area contributed by atoms with E-state index in [0.717, 1.165) is 7.11 Å². The van der Waals surface area contributed by atoms with Gasteiger partial charge < -0.3 is 14.3 Å². The first-order valence-corrected chi connectivity index (χ1v) is 8.47. The summed E-state index contributed by atoms with van der Waals surface area (Å²) in [6.07, 6.45) is 2.38. The fourth-order valence-corrected chi connectivity index (χ4v) is 3.01. The van der Waals surface area contributed by atoms with E-state index >= 15 is 0 Å². The van der Waals surface area contributed by atoms with E-state index in [0.29, 0.717) is 0 Å². The lowest BCUT2D eigenvalue weighted by molar-refractivity contribution is 0.410. The molecule has 3 aromatic heterocycles. The van der Waals surface area contributed by atoms with E-state index in [2.05, 4.69) is 15.0 Å². The molecule has 26 heavy (non-hydrogen) atoms. The van der Waals surface area contributed by atoms with Crippen molar-refractivity contribution >= 4 is 21.8 Å². The van der Waals surface area contributed by atoms with Gasteiger partial charge in [0.1, 0.15) is 5.75 Å². The van der Waals surface area contributed by atoms with Crippen molar-refractivity contribution in [3.05, 3.63) is 66.1 Å². The number of imidazole rings is 1. The Labute approximate surface area is 167 Å². The summed E-state index contributed by atoms with van der Waals surface area (Å²) in [4.78, 5) is 10.2. The molecule has 0 amide bonds. The van der Waals surface area contributed by atoms with Crippen LogP contribution in [0.4, 0.5) is 0 Å². The number of nitrogens with one attached hydrogen (secondary N) is 1. The Balaban J connectivity index is 1.93. The summed E-state index contributed by atoms with van der Waals surface area (Å²) in [5, 5.41) is -0.528. The SMILES string of the molecule is [2H]c1nc(C([2H])([2H])S(=O)c2nc3c([2H])c([2H])c(-n4cccc4)c([2H])c3[nH]2)c(C([2H])([2H])[2H])c(OC)c1[2H]. The van der Waals surface area contributed by atoms with Crippen LogP contribution in [0.25, 0.3) is 16.7 Å². The van der Waals surface area contributed by atoms with Gasteiger partial charge in [0.2, 0.25) is 0 Å². The van der Waals surface area contributed by atoms with Crippen molar-refractivity contribution in [2.24, 2.45) is 0 Å². The van der Waals surface area contributed by atoms with Gasteiger partial charge in [0.15, 0.2) is 5.16 Å². The van der Waals surface area contributed by atoms with E-state index in [9.17, 15) is 4.21 Å². The average Bonchev–Trinajstić information content (AvgIpc) is 3.48. The van der Waals surface area contributed by atoms with Crippen molar-refractivity contribution in [3.8, 4) is 11.4 Å². The lowest BCUT2D eigenvalue weighted by atomic mass is 10.2. The molecule has 0 aliphatic carbocycles. The van der Waals surface area contributed by atoms with Gasteiger partial charge in [-0.15, -0.1) is 0 Å². The molecule has 0 radical (unpaired) electrons. The number of methoxy groups -OCH3 is 1. The number of aromatic nitrogens is 4. The van der Waals surface area contributed by atoms with Crippen molar-refractivity contribution in [2.75, 3.05) is 7.11 Å². The maximum Gasteiger partial charge on any atom is 0.197 e. The second-order valence-corrected chi connectivity index (χ2v) is 6.18. The molecule has 1 atom stereocenters. The highest BCUT2D eigenvalue weighted by atomic mass is 32.2. The number of rotatable bonds is 5. The molecule has 4 aromatic rings. The predicted molar refractivity (Wildman–Crippen MR) is 101 cm³/mol. The predicted octanol–water partition coefficient (Wildman–Crippen LogP) is 3.37. The smallest absolute Gasteiger partial charge is 0.197 e. The van der Waals surface area contributed by atoms with Gasteiger partial charge >= 0.3 is 0 Å². The van der Waals surface area contributed by atoms with Gasteiger partial charge in [0.25, 0.3) is 0 Å². The summed E-state index contributed by atoms with van der Waals surface area (Å²) < 4.78 is 101. The minimum Gasteiger partial charge on any atom is -0.496 e. The molecular formula is C19H18N4O2S. The van der Waals surface area contributed by atoms with Crippen LogP contribution in [0.1, 0.15) is 25.0 Å². The van der Waals surface area contributed by atoms with E-state index in [-0.39, 0.29) is 34.8 Å². The molecule has 0 aliphatic rings. The standard InChI is InChI=1S/C19H18N4O2S/c1-13-17(20-8-7-18(13)25-2)12-26(24)19-21-15-6-5-14(11-16(15)22-19)23-9-3-4-10-23/h3-11H,12H2,1-2H3,(H,21,22)/i1D3,5D,6D,7D,8D,11D,12D2. The number of ether oxygens (including phenoxy) is 1. The molecule has 6 nitrogen and oxygen atoms in total. The van der Waals surface area contributed by atoms with Crippen LogP contribution in [0.15, 0.2) is 60.0 Å². The number of benzene rings is 1. The molecule has 0 bridgehead atoms. The van der Waals surface area contributed by atoms with Gasteiger partial charge in [0, 0.05) is 36.7 Å². The molecule has 3 heterocycles. The lowest BCUT2D eigenvalue weighted by Gasteiger charge is -2.08. The Kier molecular flexibility index (Phi) is 2.25. The number of hydrogen-bond donors (Lipinski definition) is 1. The maximum absolute atomic E-state index is 13.4. The monoisotopic (exact) mass is 376 g/mol. The van der Waals surface area contributed by atoms with Crippen molar-refractivity contribution in [1.29, 1.82) is 0 Å². The van der Waals surface area contributed by atoms with Crippen LogP contribution in [0.5, 0.6) is 5.75 Å². The molecule has 132 valence electrons. The third-order valence-electron chi connectivity index (χ3n) is 3.46. The van der Waals surface area contributed by atoms with Crippen LogP contribution >= 0.6 is 0 Å². The minimum atomic E-state index is -3.05. The zero-order valence-electron chi connectivity index (χ0n) is 23.4. The van der Waals surface area contributed by atoms with Crippen LogP contribution in [0, 0.1) is 6.85 Å². The fraction of sp³-hybridized carbons (Fsp3) is 0.158. The molecule has 0 fully saturated rings. The molecule has 4 rings (SSSR count). The number of hydrogen-bond acceptors (Lipinski definition) is 4. The highest BCUT2D eigenvalue weighted by Crippen LogP contribution is 2.22. The summed E-state index contributed by atoms with van der Waals surface area (Å²) in [5.74, 6) is -0.590. The number of nitrogens with zero attached hydrogens (tertiary/aromatic N) is 3. The second kappa shape index (κ2) is 6.76. The van der Waals surface area contributed by atoms with Crippen LogP contribution < -0.4 is 4.74 Å². The number of pyridine rings is 1. The Hall–Kier alpha value is -2.93. The average molecular weight is 377 g/mol. The van der Waals surface area contributed by atoms with Gasteiger partial charge in [-0.2, -0.15) is 0 Å². The van der Waals surface area contributed by atoms with Gasteiger partial charge in [-0.1, -0.05) is 0 Å². The van der Waals surface area contributed by atoms with Crippen LogP contribution in [-0.4, -0.2) is 30.8 Å². The van der Waals surface area contributed by atoms with Crippen molar-refractivity contribution in [1.82, 2.24) is 19.5 Å². The van der Waals surface area contributed by atoms with Crippen LogP contribution in [0.3, 0.4) is 0 Å². The minimum absolute atomic E-state index is 0.0578. The van der Waals surface area contributed by atoms with Gasteiger partial charge in [-0.25, -0.2) is 4.98 Å². The van der Waals surface area contributed by atoms with E-state index < -0.39 is 57.7 Å². The van der Waals surface area contributed by atoms with Gasteiger partial charge in [-0.3, -0.25) is 9.19 Å². The molecule has 0 aliphatic heterocycles. The normalized spacial score (nSPS) is 19.0. The highest BCUT2D eigenvalue weighted by Gasteiger charge is 2.15. The van der Waals surface area contributed by atoms with Crippen molar-refractivity contribution in [3.63, 3.8) is 0 Å². The van der Waals surface area contributed by atoms with Crippen molar-refractivity contribution < 1.29 is 22.7 Å². The van der Waals surface area contributed by atoms with Crippen molar-refractivity contribution in [2.45, 2.75) is 17.7 Å². The Morgan fingerprint density at radius 2 is 2.23 bits per heavy atom. The summed E-state index contributed by atoms with van der Waals surface area (Å²) in [6.45, 7) is -3.03. The summed E-state index contributed by atoms with van der Waals surface area (Å²) in [6, 6.07) is 1.71. The van der Waals surface area contributed by atoms with Gasteiger partial charge in [0.05, 0.1) is 47.2 Å². The summed E-state index contributed by atoms with van der Waals surface area (Å²) >= 11 is 0. The first-order valence-electron chi connectivity index (χ1n) is 12.3. The van der Waals surface area contributed by atoms with Crippen LogP contribution in [-0.2, 0) is 16.5 Å². The summed E-state index contributed by atoms with van der Waals surface area (Å²) in [5.41, 5.74) is -4.93. The number of fused-ring (bicyclic) bond motifs is 1. The molecule has 1 unspecified atom stereocenters. The third kappa shape index (κ3) is 3.01. The van der Waals surface area contributed by atoms with E-state index in [1.165, 1.54) is 4.57 Å². The largest absolute Gasteiger partial charge is 0.496 e.